The van der Waals surface area contributed by atoms with Crippen LogP contribution in [0.4, 0.5) is 17.3 Å². The van der Waals surface area contributed by atoms with E-state index in [1.165, 1.54) is 36.0 Å². The van der Waals surface area contributed by atoms with Gasteiger partial charge in [-0.15, -0.1) is 6.58 Å². The number of fused-ring (bicyclic) bond motifs is 1. The van der Waals surface area contributed by atoms with Gasteiger partial charge in [0.05, 0.1) is 12.2 Å². The fraction of sp³-hybridized carbons (Fsp3) is 0.400. The summed E-state index contributed by atoms with van der Waals surface area (Å²) < 4.78 is 3.17. The first kappa shape index (κ1) is 27.5. The number of aliphatic hydroxyl groups is 1. The molecule has 10 heteroatoms. The molecule has 1 aliphatic heterocycles. The van der Waals surface area contributed by atoms with E-state index >= 15 is 0 Å². The second-order valence-corrected chi connectivity index (χ2v) is 10.7. The molecule has 0 aliphatic carbocycles. The summed E-state index contributed by atoms with van der Waals surface area (Å²) in [7, 11) is 0. The summed E-state index contributed by atoms with van der Waals surface area (Å²) in [5, 5.41) is 14.2. The van der Waals surface area contributed by atoms with Crippen LogP contribution in [-0.2, 0) is 12.1 Å². The molecule has 0 atom stereocenters. The molecule has 0 bridgehead atoms. The van der Waals surface area contributed by atoms with Crippen LogP contribution in [0.2, 0.25) is 0 Å². The van der Waals surface area contributed by atoms with Gasteiger partial charge in [-0.05, 0) is 63.2 Å². The van der Waals surface area contributed by atoms with Crippen molar-refractivity contribution in [2.45, 2.75) is 45.8 Å². The maximum absolute atomic E-state index is 13.2. The molecule has 10 nitrogen and oxygen atoms in total. The second kappa shape index (κ2) is 11.6. The van der Waals surface area contributed by atoms with Gasteiger partial charge in [-0.3, -0.25) is 9.69 Å². The zero-order valence-electron chi connectivity index (χ0n) is 23.5. The first-order valence-electron chi connectivity index (χ1n) is 13.9. The number of piperazine rings is 1. The van der Waals surface area contributed by atoms with E-state index in [4.69, 9.17) is 4.98 Å². The van der Waals surface area contributed by atoms with Crippen molar-refractivity contribution in [3.05, 3.63) is 77.4 Å². The molecule has 0 saturated carbocycles. The summed E-state index contributed by atoms with van der Waals surface area (Å²) >= 11 is 0. The van der Waals surface area contributed by atoms with E-state index in [1.807, 2.05) is 12.1 Å². The molecule has 0 spiro atoms. The van der Waals surface area contributed by atoms with Gasteiger partial charge in [0.25, 0.3) is 5.56 Å². The zero-order valence-corrected chi connectivity index (χ0v) is 23.5. The fourth-order valence-electron chi connectivity index (χ4n) is 4.99. The van der Waals surface area contributed by atoms with Crippen LogP contribution in [0.3, 0.4) is 0 Å². The van der Waals surface area contributed by atoms with Crippen molar-refractivity contribution in [2.75, 3.05) is 42.9 Å². The molecule has 1 saturated heterocycles. The Balaban J connectivity index is 1.40. The SMILES string of the molecule is C=CCn1c(=O)c2cnc(Nc3ccc(N4CCN(CCCC)CC4)cc3)nc2n1-c1cccc(C(C)(C)O)n1. The van der Waals surface area contributed by atoms with Crippen molar-refractivity contribution in [1.29, 1.82) is 0 Å². The number of hydrogen-bond donors (Lipinski definition) is 2. The topological polar surface area (TPSA) is 104 Å². The summed E-state index contributed by atoms with van der Waals surface area (Å²) in [6, 6.07) is 13.6. The van der Waals surface area contributed by atoms with Gasteiger partial charge in [0.2, 0.25) is 5.95 Å². The maximum Gasteiger partial charge on any atom is 0.278 e. The number of allylic oxidation sites excluding steroid dienone is 1. The third-order valence-corrected chi connectivity index (χ3v) is 7.24. The van der Waals surface area contributed by atoms with Gasteiger partial charge in [-0.25, -0.2) is 19.3 Å². The van der Waals surface area contributed by atoms with Gasteiger partial charge < -0.3 is 15.3 Å². The molecule has 4 heterocycles. The summed E-state index contributed by atoms with van der Waals surface area (Å²) in [5.41, 5.74) is 1.58. The number of aromatic nitrogens is 5. The summed E-state index contributed by atoms with van der Waals surface area (Å²) in [6.45, 7) is 15.1. The molecule has 0 amide bonds. The van der Waals surface area contributed by atoms with Crippen LogP contribution in [-0.4, -0.2) is 67.0 Å². The molecule has 40 heavy (non-hydrogen) atoms. The molecule has 0 radical (unpaired) electrons. The largest absolute Gasteiger partial charge is 0.384 e. The van der Waals surface area contributed by atoms with Crippen LogP contribution in [0.25, 0.3) is 16.9 Å². The van der Waals surface area contributed by atoms with Crippen molar-refractivity contribution in [3.63, 3.8) is 0 Å². The third kappa shape index (κ3) is 5.78. The smallest absolute Gasteiger partial charge is 0.278 e. The fourth-order valence-corrected chi connectivity index (χ4v) is 4.99. The number of pyridine rings is 1. The molecular weight excluding hydrogens is 504 g/mol. The summed E-state index contributed by atoms with van der Waals surface area (Å²) in [4.78, 5) is 32.0. The number of anilines is 3. The Morgan fingerprint density at radius 3 is 2.50 bits per heavy atom. The number of benzene rings is 1. The van der Waals surface area contributed by atoms with Gasteiger partial charge in [0, 0.05) is 43.8 Å². The predicted molar refractivity (Wildman–Crippen MR) is 160 cm³/mol. The van der Waals surface area contributed by atoms with Crippen LogP contribution in [0.1, 0.15) is 39.3 Å². The molecule has 4 aromatic rings. The lowest BCUT2D eigenvalue weighted by atomic mass is 10.1. The maximum atomic E-state index is 13.2. The number of rotatable bonds is 10. The van der Waals surface area contributed by atoms with Crippen molar-refractivity contribution < 1.29 is 5.11 Å². The van der Waals surface area contributed by atoms with Crippen LogP contribution < -0.4 is 15.8 Å². The standard InChI is InChI=1S/C30H38N8O2/c1-5-7-16-35-17-19-36(20-18-35)23-13-11-22(12-14-23)32-29-31-21-24-27(34-29)38(37(15-6-2)28(24)39)26-10-8-9-25(33-26)30(3,4)40/h6,8-14,21,40H,2,5,7,15-20H2,1,3-4H3,(H,31,32,34). The Morgan fingerprint density at radius 2 is 1.82 bits per heavy atom. The Morgan fingerprint density at radius 1 is 1.07 bits per heavy atom. The van der Waals surface area contributed by atoms with Crippen LogP contribution in [0, 0.1) is 0 Å². The lowest BCUT2D eigenvalue weighted by Crippen LogP contribution is -2.46. The van der Waals surface area contributed by atoms with Crippen LogP contribution in [0.15, 0.2) is 66.1 Å². The first-order valence-corrected chi connectivity index (χ1v) is 13.9. The van der Waals surface area contributed by atoms with Gasteiger partial charge in [0.1, 0.15) is 11.0 Å². The Labute approximate surface area is 234 Å². The molecule has 210 valence electrons. The lowest BCUT2D eigenvalue weighted by Gasteiger charge is -2.36. The number of nitrogens with one attached hydrogen (secondary N) is 1. The minimum Gasteiger partial charge on any atom is -0.384 e. The third-order valence-electron chi connectivity index (χ3n) is 7.24. The van der Waals surface area contributed by atoms with E-state index < -0.39 is 5.60 Å². The molecule has 1 aromatic carbocycles. The van der Waals surface area contributed by atoms with Crippen molar-refractivity contribution in [3.8, 4) is 5.82 Å². The minimum atomic E-state index is -1.14. The van der Waals surface area contributed by atoms with E-state index in [9.17, 15) is 9.90 Å². The Hall–Kier alpha value is -4.02. The summed E-state index contributed by atoms with van der Waals surface area (Å²) in [6.07, 6.45) is 5.67. The number of hydrogen-bond acceptors (Lipinski definition) is 8. The highest BCUT2D eigenvalue weighted by Crippen LogP contribution is 2.24. The molecule has 1 fully saturated rings. The Kier molecular flexibility index (Phi) is 7.99. The second-order valence-electron chi connectivity index (χ2n) is 10.7. The van der Waals surface area contributed by atoms with E-state index in [1.54, 1.807) is 42.8 Å². The molecule has 0 unspecified atom stereocenters. The molecule has 3 aromatic heterocycles. The van der Waals surface area contributed by atoms with Crippen LogP contribution in [0.5, 0.6) is 0 Å². The van der Waals surface area contributed by atoms with Crippen molar-refractivity contribution in [1.82, 2.24) is 29.2 Å². The number of unbranched alkanes of at least 4 members (excludes halogenated alkanes) is 1. The normalized spacial score (nSPS) is 14.6. The van der Waals surface area contributed by atoms with Gasteiger partial charge in [0.15, 0.2) is 11.5 Å². The zero-order chi connectivity index (χ0) is 28.3. The quantitative estimate of drug-likeness (QED) is 0.289. The van der Waals surface area contributed by atoms with Crippen molar-refractivity contribution in [2.24, 2.45) is 0 Å². The van der Waals surface area contributed by atoms with Crippen LogP contribution >= 0.6 is 0 Å². The van der Waals surface area contributed by atoms with E-state index in [0.29, 0.717) is 28.5 Å². The average Bonchev–Trinajstić information content (AvgIpc) is 3.23. The highest BCUT2D eigenvalue weighted by molar-refractivity contribution is 5.77. The number of nitrogens with zero attached hydrogens (tertiary/aromatic N) is 7. The lowest BCUT2D eigenvalue weighted by molar-refractivity contribution is 0.0738. The average molecular weight is 543 g/mol. The van der Waals surface area contributed by atoms with Gasteiger partial charge >= 0.3 is 0 Å². The van der Waals surface area contributed by atoms with Crippen molar-refractivity contribution >= 4 is 28.4 Å². The van der Waals surface area contributed by atoms with E-state index in [0.717, 1.165) is 31.9 Å². The highest BCUT2D eigenvalue weighted by Gasteiger charge is 2.22. The van der Waals surface area contributed by atoms with E-state index in [-0.39, 0.29) is 12.1 Å². The molecule has 5 rings (SSSR count). The monoisotopic (exact) mass is 542 g/mol. The molecule has 1 aliphatic rings. The summed E-state index contributed by atoms with van der Waals surface area (Å²) in [5.74, 6) is 0.838. The first-order chi connectivity index (χ1) is 19.3. The van der Waals surface area contributed by atoms with Gasteiger partial charge in [-0.1, -0.05) is 25.5 Å². The molecule has 2 N–H and O–H groups in total. The molecular formula is C30H38N8O2. The predicted octanol–water partition coefficient (Wildman–Crippen LogP) is 4.06. The Bertz CT molecular complexity index is 1530. The minimum absolute atomic E-state index is 0.240. The highest BCUT2D eigenvalue weighted by atomic mass is 16.3. The van der Waals surface area contributed by atoms with E-state index in [2.05, 4.69) is 50.7 Å². The van der Waals surface area contributed by atoms with Gasteiger partial charge in [-0.2, -0.15) is 4.98 Å².